The Morgan fingerprint density at radius 1 is 1.44 bits per heavy atom. The molecule has 8 heteroatoms. The molecule has 0 amide bonds. The normalized spacial score (nSPS) is 18.1. The van der Waals surface area contributed by atoms with Crippen molar-refractivity contribution in [2.24, 2.45) is 5.92 Å². The van der Waals surface area contributed by atoms with Gasteiger partial charge in [0.15, 0.2) is 0 Å². The number of aromatic nitrogens is 3. The van der Waals surface area contributed by atoms with Crippen LogP contribution in [0.5, 0.6) is 0 Å². The van der Waals surface area contributed by atoms with E-state index in [1.807, 2.05) is 0 Å². The Balaban J connectivity index is 1.77. The first-order valence-corrected chi connectivity index (χ1v) is 9.53. The van der Waals surface area contributed by atoms with E-state index in [0.717, 1.165) is 25.9 Å². The van der Waals surface area contributed by atoms with Crippen LogP contribution in [-0.2, 0) is 11.2 Å². The molecular weight excluding hydrogens is 366 g/mol. The van der Waals surface area contributed by atoms with E-state index in [4.69, 9.17) is 11.6 Å². The fraction of sp³-hybridized carbons (Fsp3) is 0.474. The average molecular weight is 390 g/mol. The third-order valence-electron chi connectivity index (χ3n) is 4.51. The summed E-state index contributed by atoms with van der Waals surface area (Å²) in [6, 6.07) is 1.80. The fourth-order valence-corrected chi connectivity index (χ4v) is 3.26. The van der Waals surface area contributed by atoms with Gasteiger partial charge in [-0.3, -0.25) is 14.8 Å². The van der Waals surface area contributed by atoms with Crippen molar-refractivity contribution in [1.82, 2.24) is 20.3 Å². The molecule has 0 aliphatic carbocycles. The van der Waals surface area contributed by atoms with Crippen LogP contribution in [0.1, 0.15) is 25.5 Å². The summed E-state index contributed by atoms with van der Waals surface area (Å²) in [7, 11) is 0. The number of rotatable bonds is 7. The zero-order chi connectivity index (χ0) is 19.2. The number of piperidine rings is 1. The largest absolute Gasteiger partial charge is 0.392 e. The van der Waals surface area contributed by atoms with Gasteiger partial charge in [-0.1, -0.05) is 11.6 Å². The number of anilines is 1. The predicted molar refractivity (Wildman–Crippen MR) is 105 cm³/mol. The van der Waals surface area contributed by atoms with Gasteiger partial charge in [0.25, 0.3) is 0 Å². The summed E-state index contributed by atoms with van der Waals surface area (Å²) in [6.07, 6.45) is 6.49. The summed E-state index contributed by atoms with van der Waals surface area (Å²) in [5.41, 5.74) is 1.95. The van der Waals surface area contributed by atoms with E-state index in [-0.39, 0.29) is 18.1 Å². The summed E-state index contributed by atoms with van der Waals surface area (Å²) in [4.78, 5) is 25.5. The summed E-state index contributed by atoms with van der Waals surface area (Å²) < 4.78 is 0. The molecule has 0 unspecified atom stereocenters. The van der Waals surface area contributed by atoms with Crippen LogP contribution in [0.4, 0.5) is 5.82 Å². The molecule has 2 aromatic rings. The molecule has 3 heterocycles. The first kappa shape index (κ1) is 19.7. The first-order valence-electron chi connectivity index (χ1n) is 9.15. The van der Waals surface area contributed by atoms with Crippen LogP contribution in [0.25, 0.3) is 11.3 Å². The molecule has 144 valence electrons. The van der Waals surface area contributed by atoms with Crippen molar-refractivity contribution in [2.75, 3.05) is 25.0 Å². The number of aliphatic hydroxyl groups excluding tert-OH is 1. The Hall–Kier alpha value is -2.09. The Bertz CT molecular complexity index is 793. The number of ketones is 1. The molecule has 3 rings (SSSR count). The summed E-state index contributed by atoms with van der Waals surface area (Å²) in [6.45, 7) is 3.78. The predicted octanol–water partition coefficient (Wildman–Crippen LogP) is 2.10. The van der Waals surface area contributed by atoms with Gasteiger partial charge in [0.05, 0.1) is 29.2 Å². The topological polar surface area (TPSA) is 100 Å². The maximum atomic E-state index is 12.5. The lowest BCUT2D eigenvalue weighted by molar-refractivity contribution is -0.122. The van der Waals surface area contributed by atoms with E-state index in [2.05, 4.69) is 25.6 Å². The Labute approximate surface area is 163 Å². The van der Waals surface area contributed by atoms with Gasteiger partial charge in [-0.2, -0.15) is 0 Å². The van der Waals surface area contributed by atoms with E-state index in [1.165, 1.54) is 0 Å². The Morgan fingerprint density at radius 3 is 3.04 bits per heavy atom. The van der Waals surface area contributed by atoms with Gasteiger partial charge in [-0.05, 0) is 32.4 Å². The maximum Gasteiger partial charge on any atom is 0.145 e. The summed E-state index contributed by atoms with van der Waals surface area (Å²) in [5, 5.41) is 16.1. The van der Waals surface area contributed by atoms with E-state index < -0.39 is 6.10 Å². The molecule has 0 aromatic carbocycles. The lowest BCUT2D eigenvalue weighted by atomic mass is 9.92. The second-order valence-corrected chi connectivity index (χ2v) is 7.27. The number of hydrogen-bond donors (Lipinski definition) is 3. The Morgan fingerprint density at radius 2 is 2.30 bits per heavy atom. The van der Waals surface area contributed by atoms with Crippen LogP contribution in [0.15, 0.2) is 24.7 Å². The SMILES string of the molecule is C[C@@H](O)CNc1cncc(-c2cc(CC(=O)[C@@H]3CCCNC3)ncc2Cl)n1. The fourth-order valence-electron chi connectivity index (χ4n) is 3.06. The molecule has 0 spiro atoms. The number of nitrogens with zero attached hydrogens (tertiary/aromatic N) is 3. The highest BCUT2D eigenvalue weighted by atomic mass is 35.5. The first-order chi connectivity index (χ1) is 13.0. The van der Waals surface area contributed by atoms with Crippen molar-refractivity contribution >= 4 is 23.2 Å². The van der Waals surface area contributed by atoms with Gasteiger partial charge < -0.3 is 15.7 Å². The van der Waals surface area contributed by atoms with Gasteiger partial charge in [0, 0.05) is 42.9 Å². The van der Waals surface area contributed by atoms with Crippen molar-refractivity contribution < 1.29 is 9.90 Å². The van der Waals surface area contributed by atoms with Gasteiger partial charge in [-0.25, -0.2) is 4.98 Å². The van der Waals surface area contributed by atoms with Crippen molar-refractivity contribution in [2.45, 2.75) is 32.3 Å². The van der Waals surface area contributed by atoms with Gasteiger partial charge in [-0.15, -0.1) is 0 Å². The molecule has 1 aliphatic rings. The number of aliphatic hydroxyl groups is 1. The number of carbonyl (C=O) groups excluding carboxylic acids is 1. The van der Waals surface area contributed by atoms with Gasteiger partial charge in [0.1, 0.15) is 11.6 Å². The lowest BCUT2D eigenvalue weighted by Gasteiger charge is -2.21. The molecule has 1 fully saturated rings. The highest BCUT2D eigenvalue weighted by Crippen LogP contribution is 2.27. The lowest BCUT2D eigenvalue weighted by Crippen LogP contribution is -2.35. The van der Waals surface area contributed by atoms with Crippen LogP contribution < -0.4 is 10.6 Å². The molecule has 2 aromatic heterocycles. The van der Waals surface area contributed by atoms with Crippen LogP contribution in [0.3, 0.4) is 0 Å². The van der Waals surface area contributed by atoms with E-state index in [0.29, 0.717) is 34.3 Å². The molecule has 27 heavy (non-hydrogen) atoms. The van der Waals surface area contributed by atoms with Crippen LogP contribution in [0.2, 0.25) is 5.02 Å². The van der Waals surface area contributed by atoms with Gasteiger partial charge >= 0.3 is 0 Å². The molecule has 0 bridgehead atoms. The quantitative estimate of drug-likeness (QED) is 0.666. The molecule has 0 radical (unpaired) electrons. The highest BCUT2D eigenvalue weighted by Gasteiger charge is 2.21. The number of pyridine rings is 1. The summed E-state index contributed by atoms with van der Waals surface area (Å²) in [5.74, 6) is 0.793. The van der Waals surface area contributed by atoms with Crippen LogP contribution >= 0.6 is 11.6 Å². The number of hydrogen-bond acceptors (Lipinski definition) is 7. The van der Waals surface area contributed by atoms with E-state index in [1.54, 1.807) is 31.6 Å². The van der Waals surface area contributed by atoms with Crippen molar-refractivity contribution in [3.63, 3.8) is 0 Å². The second-order valence-electron chi connectivity index (χ2n) is 6.86. The molecule has 7 nitrogen and oxygen atoms in total. The number of carbonyl (C=O) groups is 1. The standard InChI is InChI=1S/C19H24ClN5O2/c1-12(26)7-24-19-11-22-10-17(25-19)15-5-14(23-9-16(15)20)6-18(27)13-3-2-4-21-8-13/h5,9-13,21,26H,2-4,6-8H2,1H3,(H,24,25)/t12-,13-/m1/s1. The molecule has 2 atom stereocenters. The van der Waals surface area contributed by atoms with E-state index >= 15 is 0 Å². The Kier molecular flexibility index (Phi) is 6.71. The number of halogens is 1. The van der Waals surface area contributed by atoms with Crippen LogP contribution in [-0.4, -0.2) is 51.6 Å². The second kappa shape index (κ2) is 9.21. The molecule has 0 saturated carbocycles. The van der Waals surface area contributed by atoms with Crippen molar-refractivity contribution in [3.8, 4) is 11.3 Å². The molecule has 1 saturated heterocycles. The third-order valence-corrected chi connectivity index (χ3v) is 4.81. The van der Waals surface area contributed by atoms with Crippen molar-refractivity contribution in [3.05, 3.63) is 35.4 Å². The zero-order valence-electron chi connectivity index (χ0n) is 15.3. The van der Waals surface area contributed by atoms with Crippen molar-refractivity contribution in [1.29, 1.82) is 0 Å². The van der Waals surface area contributed by atoms with E-state index in [9.17, 15) is 9.90 Å². The third kappa shape index (κ3) is 5.45. The van der Waals surface area contributed by atoms with Crippen LogP contribution in [0, 0.1) is 5.92 Å². The number of nitrogens with one attached hydrogen (secondary N) is 2. The maximum absolute atomic E-state index is 12.5. The zero-order valence-corrected chi connectivity index (χ0v) is 16.0. The summed E-state index contributed by atoms with van der Waals surface area (Å²) >= 11 is 6.31. The minimum absolute atomic E-state index is 0.0486. The molecule has 3 N–H and O–H groups in total. The molecular formula is C19H24ClN5O2. The highest BCUT2D eigenvalue weighted by molar-refractivity contribution is 6.33. The average Bonchev–Trinajstić information content (AvgIpc) is 2.68. The minimum Gasteiger partial charge on any atom is -0.392 e. The number of Topliss-reactive ketones (excluding diaryl/α,β-unsaturated/α-hetero) is 1. The smallest absolute Gasteiger partial charge is 0.145 e. The minimum atomic E-state index is -0.494. The monoisotopic (exact) mass is 389 g/mol. The van der Waals surface area contributed by atoms with Gasteiger partial charge in [0.2, 0.25) is 0 Å². The molecule has 1 aliphatic heterocycles.